The number of nitrogens with one attached hydrogen (secondary N) is 1. The summed E-state index contributed by atoms with van der Waals surface area (Å²) in [5.41, 5.74) is 5.60. The highest BCUT2D eigenvalue weighted by Crippen LogP contribution is 2.10. The smallest absolute Gasteiger partial charge is 0.220 e. The van der Waals surface area contributed by atoms with Crippen LogP contribution in [0.15, 0.2) is 0 Å². The third-order valence-corrected chi connectivity index (χ3v) is 3.87. The monoisotopic (exact) mass is 284 g/mol. The van der Waals surface area contributed by atoms with Crippen LogP contribution in [0.1, 0.15) is 84.5 Å². The molecule has 1 amide bonds. The summed E-state index contributed by atoms with van der Waals surface area (Å²) in [6.07, 6.45) is 12.9. The molecular weight excluding hydrogens is 248 g/mol. The minimum atomic E-state index is 0.219. The van der Waals surface area contributed by atoms with Gasteiger partial charge in [0.2, 0.25) is 5.91 Å². The quantitative estimate of drug-likeness (QED) is 0.474. The Labute approximate surface area is 126 Å². The fourth-order valence-corrected chi connectivity index (χ4v) is 2.58. The molecule has 0 rings (SSSR count). The first kappa shape index (κ1) is 19.4. The molecule has 0 aliphatic carbocycles. The highest BCUT2D eigenvalue weighted by Gasteiger charge is 2.08. The molecule has 0 heterocycles. The van der Waals surface area contributed by atoms with Crippen molar-refractivity contribution in [3.63, 3.8) is 0 Å². The number of amides is 1. The summed E-state index contributed by atoms with van der Waals surface area (Å²) < 4.78 is 0. The molecule has 0 aliphatic rings. The standard InChI is InChI=1S/C17H36N2O/c1-3-5-6-7-8-9-10-12-17(20)19-15-16(11-4-2)13-14-18/h16H,3-15,18H2,1-2H3,(H,19,20). The van der Waals surface area contributed by atoms with Gasteiger partial charge in [-0.15, -0.1) is 0 Å². The van der Waals surface area contributed by atoms with E-state index in [1.165, 1.54) is 38.5 Å². The molecule has 3 heteroatoms. The van der Waals surface area contributed by atoms with E-state index in [9.17, 15) is 4.79 Å². The van der Waals surface area contributed by atoms with Crippen LogP contribution in [0.2, 0.25) is 0 Å². The van der Waals surface area contributed by atoms with Gasteiger partial charge in [0.15, 0.2) is 0 Å². The Morgan fingerprint density at radius 2 is 1.60 bits per heavy atom. The molecule has 3 N–H and O–H groups in total. The van der Waals surface area contributed by atoms with E-state index in [-0.39, 0.29) is 5.91 Å². The number of carbonyl (C=O) groups excluding carboxylic acids is 1. The van der Waals surface area contributed by atoms with Gasteiger partial charge in [-0.25, -0.2) is 0 Å². The van der Waals surface area contributed by atoms with Gasteiger partial charge in [-0.05, 0) is 31.7 Å². The maximum Gasteiger partial charge on any atom is 0.220 e. The SMILES string of the molecule is CCCCCCCCCC(=O)NCC(CCC)CCN. The minimum Gasteiger partial charge on any atom is -0.356 e. The summed E-state index contributed by atoms with van der Waals surface area (Å²) in [4.78, 5) is 11.7. The zero-order valence-electron chi connectivity index (χ0n) is 13.8. The molecule has 0 aromatic heterocycles. The summed E-state index contributed by atoms with van der Waals surface area (Å²) in [5, 5.41) is 3.07. The number of nitrogens with two attached hydrogens (primary N) is 1. The first-order chi connectivity index (χ1) is 9.74. The Kier molecular flexibility index (Phi) is 14.4. The van der Waals surface area contributed by atoms with Crippen LogP contribution in [0, 0.1) is 5.92 Å². The Bertz CT molecular complexity index is 213. The van der Waals surface area contributed by atoms with E-state index in [2.05, 4.69) is 19.2 Å². The molecule has 3 nitrogen and oxygen atoms in total. The molecule has 0 spiro atoms. The van der Waals surface area contributed by atoms with Crippen molar-refractivity contribution in [1.29, 1.82) is 0 Å². The van der Waals surface area contributed by atoms with Gasteiger partial charge in [0.1, 0.15) is 0 Å². The lowest BCUT2D eigenvalue weighted by atomic mass is 10.00. The lowest BCUT2D eigenvalue weighted by molar-refractivity contribution is -0.121. The predicted molar refractivity (Wildman–Crippen MR) is 87.7 cm³/mol. The highest BCUT2D eigenvalue weighted by molar-refractivity contribution is 5.75. The summed E-state index contributed by atoms with van der Waals surface area (Å²) in [6, 6.07) is 0. The second-order valence-corrected chi connectivity index (χ2v) is 5.91. The zero-order chi connectivity index (χ0) is 15.1. The van der Waals surface area contributed by atoms with Crippen LogP contribution in [0.4, 0.5) is 0 Å². The first-order valence-electron chi connectivity index (χ1n) is 8.71. The van der Waals surface area contributed by atoms with Crippen molar-refractivity contribution in [2.75, 3.05) is 13.1 Å². The van der Waals surface area contributed by atoms with Crippen LogP contribution in [-0.2, 0) is 4.79 Å². The van der Waals surface area contributed by atoms with Crippen molar-refractivity contribution in [3.8, 4) is 0 Å². The van der Waals surface area contributed by atoms with Gasteiger partial charge in [-0.3, -0.25) is 4.79 Å². The number of rotatable bonds is 14. The number of carbonyl (C=O) groups is 1. The molecule has 0 radical (unpaired) electrons. The topological polar surface area (TPSA) is 55.1 Å². The van der Waals surface area contributed by atoms with Gasteiger partial charge in [-0.1, -0.05) is 58.8 Å². The van der Waals surface area contributed by atoms with E-state index >= 15 is 0 Å². The predicted octanol–water partition coefficient (Wildman–Crippen LogP) is 4.01. The van der Waals surface area contributed by atoms with Crippen LogP contribution in [0.5, 0.6) is 0 Å². The van der Waals surface area contributed by atoms with E-state index in [1.54, 1.807) is 0 Å². The third kappa shape index (κ3) is 12.5. The van der Waals surface area contributed by atoms with Gasteiger partial charge in [0, 0.05) is 13.0 Å². The van der Waals surface area contributed by atoms with Gasteiger partial charge >= 0.3 is 0 Å². The lowest BCUT2D eigenvalue weighted by Crippen LogP contribution is -2.30. The van der Waals surface area contributed by atoms with Crippen molar-refractivity contribution in [2.45, 2.75) is 84.5 Å². The Morgan fingerprint density at radius 1 is 0.950 bits per heavy atom. The van der Waals surface area contributed by atoms with E-state index in [1.807, 2.05) is 0 Å². The molecule has 120 valence electrons. The summed E-state index contributed by atoms with van der Waals surface area (Å²) in [7, 11) is 0. The first-order valence-corrected chi connectivity index (χ1v) is 8.71. The largest absolute Gasteiger partial charge is 0.356 e. The fraction of sp³-hybridized carbons (Fsp3) is 0.941. The normalized spacial score (nSPS) is 12.3. The average Bonchev–Trinajstić information content (AvgIpc) is 2.44. The highest BCUT2D eigenvalue weighted by atomic mass is 16.1. The van der Waals surface area contributed by atoms with E-state index in [0.29, 0.717) is 12.3 Å². The van der Waals surface area contributed by atoms with Gasteiger partial charge in [0.25, 0.3) is 0 Å². The van der Waals surface area contributed by atoms with E-state index in [4.69, 9.17) is 5.73 Å². The van der Waals surface area contributed by atoms with Gasteiger partial charge in [-0.2, -0.15) is 0 Å². The van der Waals surface area contributed by atoms with Crippen molar-refractivity contribution < 1.29 is 4.79 Å². The molecule has 1 unspecified atom stereocenters. The van der Waals surface area contributed by atoms with Crippen molar-refractivity contribution in [2.24, 2.45) is 11.7 Å². The molecule has 0 aromatic carbocycles. The van der Waals surface area contributed by atoms with Crippen molar-refractivity contribution in [1.82, 2.24) is 5.32 Å². The van der Waals surface area contributed by atoms with Crippen LogP contribution in [0.25, 0.3) is 0 Å². The molecule has 1 atom stereocenters. The molecule has 0 saturated heterocycles. The molecular formula is C17H36N2O. The Hall–Kier alpha value is -0.570. The number of hydrogen-bond acceptors (Lipinski definition) is 2. The van der Waals surface area contributed by atoms with Gasteiger partial charge in [0.05, 0.1) is 0 Å². The second kappa shape index (κ2) is 14.8. The molecule has 0 fully saturated rings. The Balaban J connectivity index is 3.47. The molecule has 0 aliphatic heterocycles. The summed E-state index contributed by atoms with van der Waals surface area (Å²) >= 11 is 0. The van der Waals surface area contributed by atoms with E-state index in [0.717, 1.165) is 38.8 Å². The van der Waals surface area contributed by atoms with Crippen molar-refractivity contribution in [3.05, 3.63) is 0 Å². The van der Waals surface area contributed by atoms with Crippen LogP contribution >= 0.6 is 0 Å². The average molecular weight is 284 g/mol. The number of unbranched alkanes of at least 4 members (excludes halogenated alkanes) is 6. The van der Waals surface area contributed by atoms with Gasteiger partial charge < -0.3 is 11.1 Å². The molecule has 0 saturated carbocycles. The second-order valence-electron chi connectivity index (χ2n) is 5.91. The molecule has 20 heavy (non-hydrogen) atoms. The summed E-state index contributed by atoms with van der Waals surface area (Å²) in [6.45, 7) is 5.95. The third-order valence-electron chi connectivity index (χ3n) is 3.87. The maximum atomic E-state index is 11.7. The lowest BCUT2D eigenvalue weighted by Gasteiger charge is -2.15. The molecule has 0 aromatic rings. The Morgan fingerprint density at radius 3 is 2.20 bits per heavy atom. The fourth-order valence-electron chi connectivity index (χ4n) is 2.58. The minimum absolute atomic E-state index is 0.219. The molecule has 0 bridgehead atoms. The maximum absolute atomic E-state index is 11.7. The number of hydrogen-bond donors (Lipinski definition) is 2. The van der Waals surface area contributed by atoms with E-state index < -0.39 is 0 Å². The van der Waals surface area contributed by atoms with Crippen molar-refractivity contribution >= 4 is 5.91 Å². The summed E-state index contributed by atoms with van der Waals surface area (Å²) in [5.74, 6) is 0.777. The van der Waals surface area contributed by atoms with Crippen LogP contribution < -0.4 is 11.1 Å². The van der Waals surface area contributed by atoms with Crippen LogP contribution in [-0.4, -0.2) is 19.0 Å². The zero-order valence-corrected chi connectivity index (χ0v) is 13.8. The van der Waals surface area contributed by atoms with Crippen LogP contribution in [0.3, 0.4) is 0 Å².